The van der Waals surface area contributed by atoms with Gasteiger partial charge in [0.1, 0.15) is 6.61 Å². The molecule has 0 saturated carbocycles. The Balaban J connectivity index is 4.48. The molecule has 5 heteroatoms. The number of esters is 2. The van der Waals surface area contributed by atoms with Crippen molar-refractivity contribution in [2.75, 3.05) is 19.8 Å². The van der Waals surface area contributed by atoms with E-state index in [4.69, 9.17) is 14.2 Å². The maximum atomic E-state index is 12.9. The third kappa shape index (κ3) is 56.4. The zero-order valence-corrected chi connectivity index (χ0v) is 45.2. The summed E-state index contributed by atoms with van der Waals surface area (Å²) in [6.45, 7) is 7.44. The molecule has 0 aromatic carbocycles. The lowest BCUT2D eigenvalue weighted by molar-refractivity contribution is -0.162. The van der Waals surface area contributed by atoms with Gasteiger partial charge in [0.25, 0.3) is 0 Å². The minimum atomic E-state index is -0.595. The molecular weight excluding hydrogens is 861 g/mol. The van der Waals surface area contributed by atoms with Crippen molar-refractivity contribution >= 4 is 11.9 Å². The third-order valence-electron chi connectivity index (χ3n) is 11.4. The van der Waals surface area contributed by atoms with Crippen LogP contribution in [-0.2, 0) is 23.8 Å². The van der Waals surface area contributed by atoms with Gasteiger partial charge in [-0.2, -0.15) is 0 Å². The minimum Gasteiger partial charge on any atom is -0.462 e. The Morgan fingerprint density at radius 1 is 0.329 bits per heavy atom. The van der Waals surface area contributed by atoms with Crippen molar-refractivity contribution < 1.29 is 23.8 Å². The van der Waals surface area contributed by atoms with E-state index >= 15 is 0 Å². The number of hydrogen-bond donors (Lipinski definition) is 0. The number of rotatable bonds is 50. The first-order valence-corrected chi connectivity index (χ1v) is 28.4. The summed E-state index contributed by atoms with van der Waals surface area (Å²) in [5.41, 5.74) is 0. The van der Waals surface area contributed by atoms with Crippen molar-refractivity contribution in [1.82, 2.24) is 0 Å². The van der Waals surface area contributed by atoms with E-state index in [1.165, 1.54) is 70.6 Å². The summed E-state index contributed by atoms with van der Waals surface area (Å²) in [6, 6.07) is 0. The second kappa shape index (κ2) is 59.1. The molecule has 0 saturated heterocycles. The predicted molar refractivity (Wildman–Crippen MR) is 306 cm³/mol. The maximum absolute atomic E-state index is 12.9. The monoisotopic (exact) mass is 965 g/mol. The summed E-state index contributed by atoms with van der Waals surface area (Å²) in [6.07, 6.45) is 85.9. The summed E-state index contributed by atoms with van der Waals surface area (Å²) < 4.78 is 17.4. The van der Waals surface area contributed by atoms with Gasteiger partial charge in [0.15, 0.2) is 6.10 Å². The predicted octanol–water partition coefficient (Wildman–Crippen LogP) is 19.7. The molecule has 0 aliphatic carbocycles. The molecule has 0 aromatic heterocycles. The maximum Gasteiger partial charge on any atom is 0.306 e. The van der Waals surface area contributed by atoms with Crippen LogP contribution in [0, 0.1) is 0 Å². The molecule has 0 bridgehead atoms. The smallest absolute Gasteiger partial charge is 0.306 e. The first kappa shape index (κ1) is 65.8. The van der Waals surface area contributed by atoms with E-state index in [1.807, 2.05) is 6.08 Å². The van der Waals surface area contributed by atoms with Crippen LogP contribution in [0.4, 0.5) is 0 Å². The summed E-state index contributed by atoms with van der Waals surface area (Å²) in [7, 11) is 0. The van der Waals surface area contributed by atoms with E-state index in [0.717, 1.165) is 116 Å². The molecule has 5 nitrogen and oxygen atoms in total. The van der Waals surface area contributed by atoms with Crippen molar-refractivity contribution in [3.63, 3.8) is 0 Å². The molecular formula is C65H104O5. The Kier molecular flexibility index (Phi) is 55.5. The van der Waals surface area contributed by atoms with E-state index in [2.05, 4.69) is 161 Å². The second-order valence-corrected chi connectivity index (χ2v) is 18.1. The van der Waals surface area contributed by atoms with Gasteiger partial charge in [-0.15, -0.1) is 0 Å². The molecule has 0 amide bonds. The van der Waals surface area contributed by atoms with Crippen LogP contribution >= 0.6 is 0 Å². The molecule has 0 radical (unpaired) electrons. The summed E-state index contributed by atoms with van der Waals surface area (Å²) >= 11 is 0. The molecule has 0 heterocycles. The third-order valence-corrected chi connectivity index (χ3v) is 11.4. The molecule has 1 atom stereocenters. The molecule has 1 unspecified atom stereocenters. The van der Waals surface area contributed by atoms with Crippen LogP contribution in [0.25, 0.3) is 0 Å². The zero-order valence-electron chi connectivity index (χ0n) is 45.2. The molecule has 0 N–H and O–H groups in total. The highest BCUT2D eigenvalue weighted by Crippen LogP contribution is 2.12. The van der Waals surface area contributed by atoms with Gasteiger partial charge in [-0.25, -0.2) is 0 Å². The molecule has 0 aromatic rings. The van der Waals surface area contributed by atoms with Crippen molar-refractivity contribution in [2.45, 2.75) is 232 Å². The SMILES string of the molecule is CC/C=C\C/C=C\C/C=C\C/C=C\C/C=C\C/C=C\CCC(=O)OCC(COCCCCCCCCCC/C=C\C/C=C\CCCCC)OC(=O)CCCCCC/C=C\C/C=C\C/C=C\C/C=C\CC. The molecule has 0 spiro atoms. The normalized spacial score (nSPS) is 13.4. The van der Waals surface area contributed by atoms with Crippen LogP contribution in [0.15, 0.2) is 146 Å². The van der Waals surface area contributed by atoms with E-state index in [0.29, 0.717) is 25.9 Å². The van der Waals surface area contributed by atoms with Crippen LogP contribution in [0.5, 0.6) is 0 Å². The van der Waals surface area contributed by atoms with Crippen LogP contribution in [0.2, 0.25) is 0 Å². The van der Waals surface area contributed by atoms with Crippen LogP contribution < -0.4 is 0 Å². The number of ether oxygens (including phenoxy) is 3. The standard InChI is InChI=1S/C65H104O5/c1-4-7-10-13-16-19-22-25-28-31-33-35-37-40-43-46-49-52-55-58-64(66)69-62-63(61-68-60-57-54-51-48-45-42-39-36-32-29-26-23-20-17-14-11-8-5-2)70-65(67)59-56-53-50-47-44-41-38-34-30-27-24-21-18-15-12-9-6-3/h7,9-10,12,16-21,25-30,33,35,38,40-41,43,49,52,63H,4-6,8,11,13-15,22-24,31-32,34,36-37,39,42,44-48,50-51,53-62H2,1-3H3/b10-7-,12-9-,19-16-,20-17-,21-18-,28-25-,29-26-,30-27-,35-33-,41-38-,43-40-,52-49-. The van der Waals surface area contributed by atoms with Gasteiger partial charge < -0.3 is 14.2 Å². The number of hydrogen-bond acceptors (Lipinski definition) is 5. The lowest BCUT2D eigenvalue weighted by Crippen LogP contribution is -2.30. The Morgan fingerprint density at radius 3 is 1.09 bits per heavy atom. The summed E-state index contributed by atoms with van der Waals surface area (Å²) in [5, 5.41) is 0. The second-order valence-electron chi connectivity index (χ2n) is 18.1. The van der Waals surface area contributed by atoms with E-state index in [-0.39, 0.29) is 25.2 Å². The van der Waals surface area contributed by atoms with Crippen molar-refractivity contribution in [3.05, 3.63) is 146 Å². The first-order valence-electron chi connectivity index (χ1n) is 28.4. The van der Waals surface area contributed by atoms with Crippen LogP contribution in [0.1, 0.15) is 226 Å². The average Bonchev–Trinajstić information content (AvgIpc) is 3.36. The van der Waals surface area contributed by atoms with Gasteiger partial charge in [-0.1, -0.05) is 231 Å². The Bertz CT molecular complexity index is 1510. The fourth-order valence-electron chi connectivity index (χ4n) is 7.20. The lowest BCUT2D eigenvalue weighted by atomic mass is 10.1. The highest BCUT2D eigenvalue weighted by Gasteiger charge is 2.17. The quantitative estimate of drug-likeness (QED) is 0.0345. The fourth-order valence-corrected chi connectivity index (χ4v) is 7.20. The summed E-state index contributed by atoms with van der Waals surface area (Å²) in [4.78, 5) is 25.5. The number of allylic oxidation sites excluding steroid dienone is 24. The van der Waals surface area contributed by atoms with Gasteiger partial charge in [0.05, 0.1) is 6.61 Å². The molecule has 70 heavy (non-hydrogen) atoms. The van der Waals surface area contributed by atoms with Gasteiger partial charge in [-0.05, 0) is 128 Å². The number of carbonyl (C=O) groups excluding carboxylic acids is 2. The minimum absolute atomic E-state index is 0.0230. The Labute approximate surface area is 431 Å². The van der Waals surface area contributed by atoms with Crippen LogP contribution in [0.3, 0.4) is 0 Å². The molecule has 0 aliphatic heterocycles. The molecule has 394 valence electrons. The van der Waals surface area contributed by atoms with E-state index in [1.54, 1.807) is 0 Å². The summed E-state index contributed by atoms with van der Waals surface area (Å²) in [5.74, 6) is -0.533. The molecule has 0 aliphatic rings. The van der Waals surface area contributed by atoms with Crippen molar-refractivity contribution in [1.29, 1.82) is 0 Å². The molecule has 0 rings (SSSR count). The topological polar surface area (TPSA) is 61.8 Å². The zero-order chi connectivity index (χ0) is 50.6. The van der Waals surface area contributed by atoms with Crippen LogP contribution in [-0.4, -0.2) is 37.9 Å². The molecule has 0 fully saturated rings. The van der Waals surface area contributed by atoms with Crippen molar-refractivity contribution in [2.24, 2.45) is 0 Å². The van der Waals surface area contributed by atoms with Crippen molar-refractivity contribution in [3.8, 4) is 0 Å². The van der Waals surface area contributed by atoms with Gasteiger partial charge in [0, 0.05) is 19.4 Å². The van der Waals surface area contributed by atoms with Gasteiger partial charge >= 0.3 is 11.9 Å². The van der Waals surface area contributed by atoms with Gasteiger partial charge in [0.2, 0.25) is 0 Å². The van der Waals surface area contributed by atoms with E-state index < -0.39 is 6.10 Å². The largest absolute Gasteiger partial charge is 0.462 e. The number of carbonyl (C=O) groups is 2. The Morgan fingerprint density at radius 2 is 0.671 bits per heavy atom. The average molecular weight is 966 g/mol. The first-order chi connectivity index (χ1) is 34.6. The lowest BCUT2D eigenvalue weighted by Gasteiger charge is -2.18. The highest BCUT2D eigenvalue weighted by molar-refractivity contribution is 5.70. The highest BCUT2D eigenvalue weighted by atomic mass is 16.6. The van der Waals surface area contributed by atoms with E-state index in [9.17, 15) is 9.59 Å². The number of unbranched alkanes of at least 4 members (excludes halogenated alkanes) is 15. The fraction of sp³-hybridized carbons (Fsp3) is 0.600. The Hall–Kier alpha value is -4.22. The van der Waals surface area contributed by atoms with Gasteiger partial charge in [-0.3, -0.25) is 9.59 Å².